The van der Waals surface area contributed by atoms with Crippen molar-refractivity contribution >= 4 is 22.6 Å². The van der Waals surface area contributed by atoms with Crippen LogP contribution in [-0.2, 0) is 16.6 Å². The number of carbonyl (C=O) groups is 2. The Morgan fingerprint density at radius 1 is 1.04 bits per heavy atom. The number of benzene rings is 2. The molecule has 0 spiro atoms. The third kappa shape index (κ3) is 3.19. The number of carbonyl (C=O) groups excluding carboxylic acids is 2. The maximum absolute atomic E-state index is 12.9. The molecule has 128 valence electrons. The molecule has 0 unspecified atom stereocenters. The summed E-state index contributed by atoms with van der Waals surface area (Å²) in [5.41, 5.74) is 2.98. The van der Waals surface area contributed by atoms with Gasteiger partial charge in [0.2, 0.25) is 0 Å². The fourth-order valence-electron chi connectivity index (χ4n) is 3.02. The lowest BCUT2D eigenvalue weighted by Gasteiger charge is -2.08. The van der Waals surface area contributed by atoms with E-state index in [0.29, 0.717) is 18.7 Å². The Bertz CT molecular complexity index is 913. The van der Waals surface area contributed by atoms with Crippen molar-refractivity contribution in [2.75, 3.05) is 20.3 Å². The number of para-hydroxylation sites is 1. The lowest BCUT2D eigenvalue weighted by atomic mass is 10.0. The molecule has 25 heavy (non-hydrogen) atoms. The van der Waals surface area contributed by atoms with E-state index in [2.05, 4.69) is 5.32 Å². The van der Waals surface area contributed by atoms with Gasteiger partial charge in [-0.25, -0.2) is 0 Å². The molecule has 0 saturated heterocycles. The number of amides is 1. The van der Waals surface area contributed by atoms with Gasteiger partial charge in [0, 0.05) is 31.6 Å². The third-order valence-corrected chi connectivity index (χ3v) is 4.18. The van der Waals surface area contributed by atoms with Gasteiger partial charge < -0.3 is 14.6 Å². The fraction of sp³-hybridized carbons (Fsp3) is 0.200. The van der Waals surface area contributed by atoms with E-state index < -0.39 is 11.7 Å². The van der Waals surface area contributed by atoms with Gasteiger partial charge in [-0.15, -0.1) is 0 Å². The highest BCUT2D eigenvalue weighted by Crippen LogP contribution is 2.33. The fourth-order valence-corrected chi connectivity index (χ4v) is 3.02. The zero-order valence-corrected chi connectivity index (χ0v) is 14.3. The van der Waals surface area contributed by atoms with E-state index in [-0.39, 0.29) is 0 Å². The van der Waals surface area contributed by atoms with Gasteiger partial charge in [-0.3, -0.25) is 9.59 Å². The molecular weight excluding hydrogens is 316 g/mol. The highest BCUT2D eigenvalue weighted by molar-refractivity contribution is 6.46. The number of ketones is 1. The predicted octanol–water partition coefficient (Wildman–Crippen LogP) is 2.79. The molecule has 1 heterocycles. The standard InChI is InChI=1S/C20H20N2O3/c1-22-16-11-7-6-10-15(16)17(18(22)14-8-4-3-5-9-14)19(23)20(24)21-12-13-25-2/h3-11H,12-13H2,1-2H3,(H,21,24). The molecule has 0 aliphatic heterocycles. The number of fused-ring (bicyclic) bond motifs is 1. The molecule has 0 bridgehead atoms. The Kier molecular flexibility index (Phi) is 4.95. The molecule has 1 amide bonds. The highest BCUT2D eigenvalue weighted by Gasteiger charge is 2.26. The lowest BCUT2D eigenvalue weighted by Crippen LogP contribution is -2.33. The zero-order chi connectivity index (χ0) is 17.8. The first-order valence-electron chi connectivity index (χ1n) is 8.09. The quantitative estimate of drug-likeness (QED) is 0.428. The Morgan fingerprint density at radius 2 is 1.72 bits per heavy atom. The number of Topliss-reactive ketones (excluding diaryl/α,β-unsaturated/α-hetero) is 1. The second-order valence-electron chi connectivity index (χ2n) is 5.74. The van der Waals surface area contributed by atoms with Gasteiger partial charge in [-0.05, 0) is 11.6 Å². The second-order valence-corrected chi connectivity index (χ2v) is 5.74. The summed E-state index contributed by atoms with van der Waals surface area (Å²) in [6.07, 6.45) is 0. The number of aryl methyl sites for hydroxylation is 1. The van der Waals surface area contributed by atoms with Gasteiger partial charge in [-0.1, -0.05) is 48.5 Å². The van der Waals surface area contributed by atoms with Gasteiger partial charge >= 0.3 is 0 Å². The van der Waals surface area contributed by atoms with Crippen molar-refractivity contribution in [1.29, 1.82) is 0 Å². The molecule has 0 aliphatic carbocycles. The Morgan fingerprint density at radius 3 is 2.44 bits per heavy atom. The monoisotopic (exact) mass is 336 g/mol. The normalized spacial score (nSPS) is 10.8. The summed E-state index contributed by atoms with van der Waals surface area (Å²) in [6, 6.07) is 17.2. The van der Waals surface area contributed by atoms with E-state index in [9.17, 15) is 9.59 Å². The molecule has 1 N–H and O–H groups in total. The maximum Gasteiger partial charge on any atom is 0.292 e. The van der Waals surface area contributed by atoms with Crippen LogP contribution >= 0.6 is 0 Å². The van der Waals surface area contributed by atoms with Crippen molar-refractivity contribution in [3.05, 3.63) is 60.2 Å². The topological polar surface area (TPSA) is 60.3 Å². The second kappa shape index (κ2) is 7.32. The lowest BCUT2D eigenvalue weighted by molar-refractivity contribution is -0.117. The molecule has 2 aromatic carbocycles. The Hall–Kier alpha value is -2.92. The van der Waals surface area contributed by atoms with Gasteiger partial charge in [0.25, 0.3) is 11.7 Å². The number of hydrogen-bond donors (Lipinski definition) is 1. The summed E-state index contributed by atoms with van der Waals surface area (Å²) in [5.74, 6) is -1.16. The number of hydrogen-bond acceptors (Lipinski definition) is 3. The number of ether oxygens (including phenoxy) is 1. The van der Waals surface area contributed by atoms with Crippen LogP contribution in [0.2, 0.25) is 0 Å². The molecule has 3 aromatic rings. The largest absolute Gasteiger partial charge is 0.383 e. The van der Waals surface area contributed by atoms with Crippen LogP contribution in [0.4, 0.5) is 0 Å². The average molecular weight is 336 g/mol. The van der Waals surface area contributed by atoms with Crippen LogP contribution in [0.25, 0.3) is 22.2 Å². The summed E-state index contributed by atoms with van der Waals surface area (Å²) in [6.45, 7) is 0.659. The maximum atomic E-state index is 12.9. The van der Waals surface area contributed by atoms with Gasteiger partial charge in [0.15, 0.2) is 0 Å². The predicted molar refractivity (Wildman–Crippen MR) is 97.6 cm³/mol. The molecule has 0 saturated carbocycles. The van der Waals surface area contributed by atoms with Crippen molar-refractivity contribution < 1.29 is 14.3 Å². The smallest absolute Gasteiger partial charge is 0.292 e. The van der Waals surface area contributed by atoms with Crippen LogP contribution < -0.4 is 5.32 Å². The minimum atomic E-state index is -0.620. The van der Waals surface area contributed by atoms with Crippen LogP contribution in [0.3, 0.4) is 0 Å². The van der Waals surface area contributed by atoms with Crippen LogP contribution in [0.1, 0.15) is 10.4 Å². The van der Waals surface area contributed by atoms with E-state index >= 15 is 0 Å². The van der Waals surface area contributed by atoms with Crippen LogP contribution in [0.5, 0.6) is 0 Å². The molecule has 0 radical (unpaired) electrons. The number of nitrogens with zero attached hydrogens (tertiary/aromatic N) is 1. The molecule has 0 fully saturated rings. The van der Waals surface area contributed by atoms with E-state index in [1.165, 1.54) is 0 Å². The van der Waals surface area contributed by atoms with Crippen molar-refractivity contribution in [2.24, 2.45) is 7.05 Å². The van der Waals surface area contributed by atoms with Crippen LogP contribution in [0.15, 0.2) is 54.6 Å². The molecule has 0 aliphatic rings. The van der Waals surface area contributed by atoms with E-state index in [4.69, 9.17) is 4.74 Å². The highest BCUT2D eigenvalue weighted by atomic mass is 16.5. The number of rotatable bonds is 6. The molecule has 5 nitrogen and oxygen atoms in total. The summed E-state index contributed by atoms with van der Waals surface area (Å²) in [5, 5.41) is 3.39. The molecule has 1 aromatic heterocycles. The third-order valence-electron chi connectivity index (χ3n) is 4.18. The number of aromatic nitrogens is 1. The van der Waals surface area contributed by atoms with Gasteiger partial charge in [0.05, 0.1) is 17.9 Å². The molecular formula is C20H20N2O3. The Labute approximate surface area is 146 Å². The van der Waals surface area contributed by atoms with Crippen LogP contribution in [0, 0.1) is 0 Å². The summed E-state index contributed by atoms with van der Waals surface area (Å²) >= 11 is 0. The van der Waals surface area contributed by atoms with Crippen molar-refractivity contribution in [3.63, 3.8) is 0 Å². The van der Waals surface area contributed by atoms with Gasteiger partial charge in [0.1, 0.15) is 0 Å². The summed E-state index contributed by atoms with van der Waals surface area (Å²) in [4.78, 5) is 25.2. The number of methoxy groups -OCH3 is 1. The molecule has 5 heteroatoms. The van der Waals surface area contributed by atoms with E-state index in [1.54, 1.807) is 7.11 Å². The van der Waals surface area contributed by atoms with Gasteiger partial charge in [-0.2, -0.15) is 0 Å². The molecule has 3 rings (SSSR count). The SMILES string of the molecule is COCCNC(=O)C(=O)c1c(-c2ccccc2)n(C)c2ccccc12. The van der Waals surface area contributed by atoms with E-state index in [1.807, 2.05) is 66.2 Å². The average Bonchev–Trinajstić information content (AvgIpc) is 2.95. The first-order chi connectivity index (χ1) is 12.1. The van der Waals surface area contributed by atoms with Crippen molar-refractivity contribution in [2.45, 2.75) is 0 Å². The zero-order valence-electron chi connectivity index (χ0n) is 14.3. The van der Waals surface area contributed by atoms with Crippen LogP contribution in [-0.4, -0.2) is 36.5 Å². The van der Waals surface area contributed by atoms with Crippen molar-refractivity contribution in [1.82, 2.24) is 9.88 Å². The number of nitrogens with one attached hydrogen (secondary N) is 1. The summed E-state index contributed by atoms with van der Waals surface area (Å²) in [7, 11) is 3.45. The van der Waals surface area contributed by atoms with E-state index in [0.717, 1.165) is 22.2 Å². The Balaban J connectivity index is 2.13. The summed E-state index contributed by atoms with van der Waals surface area (Å²) < 4.78 is 6.87. The first kappa shape index (κ1) is 16.9. The van der Waals surface area contributed by atoms with Crippen molar-refractivity contribution in [3.8, 4) is 11.3 Å². The molecule has 0 atom stereocenters. The first-order valence-corrected chi connectivity index (χ1v) is 8.09. The minimum Gasteiger partial charge on any atom is -0.383 e. The minimum absolute atomic E-state index is 0.298.